The van der Waals surface area contributed by atoms with Gasteiger partial charge in [0.25, 0.3) is 0 Å². The molecule has 3 N–H and O–H groups in total. The summed E-state index contributed by atoms with van der Waals surface area (Å²) in [5.74, 6) is -0.242. The average molecular weight is 546 g/mol. The van der Waals surface area contributed by atoms with Crippen LogP contribution in [-0.2, 0) is 24.3 Å². The van der Waals surface area contributed by atoms with Crippen LogP contribution in [0.3, 0.4) is 0 Å². The normalized spacial score (nSPS) is 18.2. The van der Waals surface area contributed by atoms with Crippen LogP contribution in [-0.4, -0.2) is 50.1 Å². The van der Waals surface area contributed by atoms with E-state index in [0.29, 0.717) is 49.8 Å². The van der Waals surface area contributed by atoms with Gasteiger partial charge in [-0.3, -0.25) is 4.79 Å². The van der Waals surface area contributed by atoms with Crippen molar-refractivity contribution in [3.8, 4) is 11.1 Å². The zero-order valence-corrected chi connectivity index (χ0v) is 23.5. The second-order valence-corrected chi connectivity index (χ2v) is 11.7. The molecule has 1 saturated carbocycles. The number of benzene rings is 2. The van der Waals surface area contributed by atoms with E-state index in [0.717, 1.165) is 27.8 Å². The number of aryl methyl sites for hydroxylation is 1. The summed E-state index contributed by atoms with van der Waals surface area (Å²) in [4.78, 5) is 43.9. The molecule has 1 fully saturated rings. The van der Waals surface area contributed by atoms with Crippen LogP contribution in [0.4, 0.5) is 4.79 Å². The van der Waals surface area contributed by atoms with Crippen LogP contribution in [0.1, 0.15) is 77.4 Å². The standard InChI is InChI=1S/C30H35N5O5/c1-16-19(7-6-8-20(16)28(37)38)21-10-9-18(14-31-26(36)23-13-24(23)27-32-17(2)34-40-27)25-15-35(12-11-22(21)25)29(39)33-30(3,4)5/h6-10,23-24H,11-15H2,1-5H3,(H,31,36)(H,33,39)(H,37,38)/t23-,24+/m0/s1. The SMILES string of the molecule is Cc1noc([C@@H]2C[C@@H]2C(=O)NCc2ccc(-c3cccc(C(=O)O)c3C)c3c2CN(C(=O)NC(C)(C)C)CC3)n1. The number of urea groups is 1. The average Bonchev–Trinajstić information content (AvgIpc) is 3.58. The van der Waals surface area contributed by atoms with E-state index in [9.17, 15) is 19.5 Å². The largest absolute Gasteiger partial charge is 0.478 e. The van der Waals surface area contributed by atoms with Crippen molar-refractivity contribution in [2.24, 2.45) is 5.92 Å². The zero-order valence-electron chi connectivity index (χ0n) is 23.5. The number of nitrogens with zero attached hydrogens (tertiary/aromatic N) is 3. The lowest BCUT2D eigenvalue weighted by Gasteiger charge is -2.34. The summed E-state index contributed by atoms with van der Waals surface area (Å²) >= 11 is 0. The Kier molecular flexibility index (Phi) is 7.12. The fraction of sp³-hybridized carbons (Fsp3) is 0.433. The maximum Gasteiger partial charge on any atom is 0.335 e. The maximum atomic E-state index is 13.1. The first-order valence-electron chi connectivity index (χ1n) is 13.5. The van der Waals surface area contributed by atoms with E-state index in [2.05, 4.69) is 20.8 Å². The molecule has 0 unspecified atom stereocenters. The molecule has 0 saturated heterocycles. The molecule has 0 bridgehead atoms. The molecular formula is C30H35N5O5. The minimum atomic E-state index is -0.966. The molecule has 10 nitrogen and oxygen atoms in total. The highest BCUT2D eigenvalue weighted by molar-refractivity contribution is 5.92. The van der Waals surface area contributed by atoms with Gasteiger partial charge >= 0.3 is 12.0 Å². The van der Waals surface area contributed by atoms with Gasteiger partial charge in [-0.25, -0.2) is 9.59 Å². The van der Waals surface area contributed by atoms with Gasteiger partial charge in [0, 0.05) is 25.2 Å². The molecule has 210 valence electrons. The summed E-state index contributed by atoms with van der Waals surface area (Å²) in [7, 11) is 0. The number of rotatable bonds is 6. The Balaban J connectivity index is 1.43. The smallest absolute Gasteiger partial charge is 0.335 e. The fourth-order valence-corrected chi connectivity index (χ4v) is 5.43. The van der Waals surface area contributed by atoms with Crippen molar-refractivity contribution in [2.75, 3.05) is 6.54 Å². The summed E-state index contributed by atoms with van der Waals surface area (Å²) in [5.41, 5.74) is 5.38. The quantitative estimate of drug-likeness (QED) is 0.419. The second kappa shape index (κ2) is 10.4. The molecule has 0 spiro atoms. The number of hydrogen-bond acceptors (Lipinski definition) is 6. The Hall–Kier alpha value is -4.21. The molecule has 1 aliphatic heterocycles. The van der Waals surface area contributed by atoms with Crippen LogP contribution < -0.4 is 10.6 Å². The second-order valence-electron chi connectivity index (χ2n) is 11.7. The van der Waals surface area contributed by atoms with Crippen LogP contribution in [0.15, 0.2) is 34.9 Å². The van der Waals surface area contributed by atoms with E-state index < -0.39 is 5.97 Å². The zero-order chi connectivity index (χ0) is 28.8. The van der Waals surface area contributed by atoms with Crippen LogP contribution >= 0.6 is 0 Å². The van der Waals surface area contributed by atoms with Crippen LogP contribution in [0.25, 0.3) is 11.1 Å². The van der Waals surface area contributed by atoms with Gasteiger partial charge < -0.3 is 25.2 Å². The molecule has 40 heavy (non-hydrogen) atoms. The van der Waals surface area contributed by atoms with E-state index >= 15 is 0 Å². The van der Waals surface area contributed by atoms with Gasteiger partial charge in [-0.15, -0.1) is 0 Å². The molecule has 2 aliphatic rings. The van der Waals surface area contributed by atoms with Crippen molar-refractivity contribution in [1.29, 1.82) is 0 Å². The molecule has 10 heteroatoms. The Labute approximate surface area is 233 Å². The van der Waals surface area contributed by atoms with Crippen molar-refractivity contribution in [3.05, 3.63) is 69.9 Å². The van der Waals surface area contributed by atoms with Gasteiger partial charge in [-0.05, 0) is 86.9 Å². The molecular weight excluding hydrogens is 510 g/mol. The summed E-state index contributed by atoms with van der Waals surface area (Å²) in [6.45, 7) is 10.6. The van der Waals surface area contributed by atoms with Gasteiger partial charge in [0.2, 0.25) is 11.8 Å². The summed E-state index contributed by atoms with van der Waals surface area (Å²) in [6, 6.07) is 9.13. The van der Waals surface area contributed by atoms with Crippen molar-refractivity contribution < 1.29 is 24.0 Å². The lowest BCUT2D eigenvalue weighted by molar-refractivity contribution is -0.122. The highest BCUT2D eigenvalue weighted by Crippen LogP contribution is 2.47. The van der Waals surface area contributed by atoms with Gasteiger partial charge in [-0.2, -0.15) is 4.98 Å². The maximum absolute atomic E-state index is 13.1. The first-order chi connectivity index (χ1) is 18.9. The first-order valence-corrected chi connectivity index (χ1v) is 13.5. The molecule has 3 aromatic rings. The Morgan fingerprint density at radius 3 is 2.55 bits per heavy atom. The lowest BCUT2D eigenvalue weighted by atomic mass is 9.85. The first kappa shape index (κ1) is 27.4. The summed E-state index contributed by atoms with van der Waals surface area (Å²) < 4.78 is 5.24. The Bertz CT molecular complexity index is 1490. The number of carbonyl (C=O) groups excluding carboxylic acids is 2. The van der Waals surface area contributed by atoms with Crippen LogP contribution in [0.2, 0.25) is 0 Å². The summed E-state index contributed by atoms with van der Waals surface area (Å²) in [6.07, 6.45) is 1.28. The number of carboxylic acid groups (broad SMARTS) is 1. The van der Waals surface area contributed by atoms with E-state index in [1.807, 2.05) is 45.9 Å². The third kappa shape index (κ3) is 5.57. The number of amides is 3. The van der Waals surface area contributed by atoms with E-state index in [1.54, 1.807) is 24.0 Å². The fourth-order valence-electron chi connectivity index (χ4n) is 5.43. The minimum Gasteiger partial charge on any atom is -0.478 e. The number of nitrogens with one attached hydrogen (secondary N) is 2. The van der Waals surface area contributed by atoms with Crippen LogP contribution in [0.5, 0.6) is 0 Å². The minimum absolute atomic E-state index is 0.0569. The lowest BCUT2D eigenvalue weighted by Crippen LogP contribution is -2.50. The van der Waals surface area contributed by atoms with Crippen molar-refractivity contribution in [2.45, 2.75) is 72.0 Å². The number of carbonyl (C=O) groups is 3. The molecule has 1 aliphatic carbocycles. The number of fused-ring (bicyclic) bond motifs is 1. The molecule has 2 atom stereocenters. The third-order valence-corrected chi connectivity index (χ3v) is 7.57. The van der Waals surface area contributed by atoms with Crippen molar-refractivity contribution in [3.63, 3.8) is 0 Å². The highest BCUT2D eigenvalue weighted by atomic mass is 16.5. The molecule has 2 heterocycles. The van der Waals surface area contributed by atoms with Gasteiger partial charge in [0.1, 0.15) is 0 Å². The van der Waals surface area contributed by atoms with Crippen LogP contribution in [0, 0.1) is 19.8 Å². The van der Waals surface area contributed by atoms with Crippen molar-refractivity contribution >= 4 is 17.9 Å². The van der Waals surface area contributed by atoms with E-state index in [-0.39, 0.29) is 34.9 Å². The number of aromatic nitrogens is 2. The van der Waals surface area contributed by atoms with Crippen molar-refractivity contribution in [1.82, 2.24) is 25.7 Å². The number of hydrogen-bond donors (Lipinski definition) is 3. The Morgan fingerprint density at radius 2 is 1.88 bits per heavy atom. The monoisotopic (exact) mass is 545 g/mol. The number of aromatic carboxylic acids is 1. The highest BCUT2D eigenvalue weighted by Gasteiger charge is 2.47. The molecule has 0 radical (unpaired) electrons. The predicted octanol–water partition coefficient (Wildman–Crippen LogP) is 4.34. The predicted molar refractivity (Wildman–Crippen MR) is 148 cm³/mol. The van der Waals surface area contributed by atoms with Gasteiger partial charge in [0.15, 0.2) is 5.82 Å². The molecule has 1 aromatic heterocycles. The van der Waals surface area contributed by atoms with E-state index in [4.69, 9.17) is 4.52 Å². The third-order valence-electron chi connectivity index (χ3n) is 7.57. The molecule has 3 amide bonds. The molecule has 2 aromatic carbocycles. The van der Waals surface area contributed by atoms with Gasteiger partial charge in [-0.1, -0.05) is 29.4 Å². The Morgan fingerprint density at radius 1 is 1.10 bits per heavy atom. The van der Waals surface area contributed by atoms with Gasteiger partial charge in [0.05, 0.1) is 17.4 Å². The summed E-state index contributed by atoms with van der Waals surface area (Å²) in [5, 5.41) is 19.6. The van der Waals surface area contributed by atoms with E-state index in [1.165, 1.54) is 0 Å². The number of carboxylic acids is 1. The topological polar surface area (TPSA) is 138 Å². The molecule has 5 rings (SSSR count).